The van der Waals surface area contributed by atoms with Gasteiger partial charge in [0, 0.05) is 30.3 Å². The summed E-state index contributed by atoms with van der Waals surface area (Å²) < 4.78 is 34.1. The summed E-state index contributed by atoms with van der Waals surface area (Å²) in [6.45, 7) is 3.00. The smallest absolute Gasteiger partial charge is 0.254 e. The summed E-state index contributed by atoms with van der Waals surface area (Å²) in [4.78, 5) is 26.2. The predicted octanol–water partition coefficient (Wildman–Crippen LogP) is 4.43. The van der Waals surface area contributed by atoms with E-state index in [9.17, 15) is 13.6 Å². The van der Waals surface area contributed by atoms with E-state index in [1.165, 1.54) is 29.3 Å². The van der Waals surface area contributed by atoms with E-state index in [-0.39, 0.29) is 17.9 Å². The van der Waals surface area contributed by atoms with Crippen LogP contribution in [-0.2, 0) is 9.53 Å². The molecule has 0 bridgehead atoms. The summed E-state index contributed by atoms with van der Waals surface area (Å²) in [5, 5.41) is 10.2. The first kappa shape index (κ1) is 22.4. The molecule has 36 heavy (non-hydrogen) atoms. The molecule has 6 rings (SSSR count). The second kappa shape index (κ2) is 8.83. The lowest BCUT2D eigenvalue weighted by Crippen LogP contribution is -2.56. The maximum absolute atomic E-state index is 14.5. The molecule has 0 saturated carbocycles. The van der Waals surface area contributed by atoms with Crippen molar-refractivity contribution in [2.75, 3.05) is 28.3 Å². The average molecular weight is 492 g/mol. The summed E-state index contributed by atoms with van der Waals surface area (Å²) in [6, 6.07) is 8.45. The van der Waals surface area contributed by atoms with E-state index >= 15 is 0 Å². The number of aromatic amines is 1. The lowest BCUT2D eigenvalue weighted by molar-refractivity contribution is -0.119. The number of anilines is 5. The minimum atomic E-state index is -0.550. The van der Waals surface area contributed by atoms with Crippen LogP contribution in [0.2, 0.25) is 0 Å². The fourth-order valence-electron chi connectivity index (χ4n) is 4.93. The van der Waals surface area contributed by atoms with E-state index in [1.807, 2.05) is 11.8 Å². The summed E-state index contributed by atoms with van der Waals surface area (Å²) in [7, 11) is 0. The van der Waals surface area contributed by atoms with Crippen molar-refractivity contribution in [2.45, 2.75) is 31.8 Å². The first-order chi connectivity index (χ1) is 17.5. The number of nitrogens with zero attached hydrogens (tertiary/aromatic N) is 5. The number of carbonyl (C=O) groups is 1. The topological polar surface area (TPSA) is 99.3 Å². The van der Waals surface area contributed by atoms with Crippen LogP contribution < -0.4 is 15.1 Å². The lowest BCUT2D eigenvalue weighted by Gasteiger charge is -2.45. The van der Waals surface area contributed by atoms with Crippen molar-refractivity contribution in [1.82, 2.24) is 20.2 Å². The number of H-pyrrole nitrogens is 1. The van der Waals surface area contributed by atoms with E-state index in [2.05, 4.69) is 20.5 Å². The number of fused-ring (bicyclic) bond motifs is 2. The van der Waals surface area contributed by atoms with Gasteiger partial charge in [-0.3, -0.25) is 14.8 Å². The van der Waals surface area contributed by atoms with Crippen molar-refractivity contribution in [3.8, 4) is 0 Å². The summed E-state index contributed by atoms with van der Waals surface area (Å²) >= 11 is 0. The Morgan fingerprint density at radius 2 is 1.97 bits per heavy atom. The fraction of sp³-hybridized carbons (Fsp3) is 0.280. The van der Waals surface area contributed by atoms with Crippen molar-refractivity contribution in [2.24, 2.45) is 0 Å². The van der Waals surface area contributed by atoms with Gasteiger partial charge in [-0.05, 0) is 50.1 Å². The molecule has 1 atom stereocenters. The van der Waals surface area contributed by atoms with Crippen molar-refractivity contribution < 1.29 is 18.3 Å². The molecule has 2 aromatic heterocycles. The number of halogens is 2. The molecule has 2 N–H and O–H groups in total. The van der Waals surface area contributed by atoms with Crippen LogP contribution in [0.15, 0.2) is 48.8 Å². The van der Waals surface area contributed by atoms with E-state index < -0.39 is 17.7 Å². The number of rotatable bonds is 4. The number of hydrogen-bond donors (Lipinski definition) is 2. The van der Waals surface area contributed by atoms with Gasteiger partial charge in [-0.15, -0.1) is 0 Å². The van der Waals surface area contributed by atoms with E-state index in [4.69, 9.17) is 9.72 Å². The summed E-state index contributed by atoms with van der Waals surface area (Å²) in [5.74, 6) is -0.311. The second-order valence-electron chi connectivity index (χ2n) is 8.90. The van der Waals surface area contributed by atoms with Gasteiger partial charge in [-0.25, -0.2) is 13.8 Å². The third-order valence-electron chi connectivity index (χ3n) is 6.64. The van der Waals surface area contributed by atoms with Crippen LogP contribution in [0.25, 0.3) is 10.9 Å². The molecular weight excluding hydrogens is 468 g/mol. The molecule has 11 heteroatoms. The van der Waals surface area contributed by atoms with E-state index in [0.717, 1.165) is 12.8 Å². The van der Waals surface area contributed by atoms with Crippen LogP contribution in [0, 0.1) is 11.6 Å². The normalized spacial score (nSPS) is 18.5. The molecule has 2 aliphatic rings. The second-order valence-corrected chi connectivity index (χ2v) is 8.90. The van der Waals surface area contributed by atoms with Gasteiger partial charge in [-0.1, -0.05) is 6.07 Å². The van der Waals surface area contributed by atoms with Gasteiger partial charge in [-0.2, -0.15) is 10.1 Å². The van der Waals surface area contributed by atoms with Crippen molar-refractivity contribution in [3.63, 3.8) is 0 Å². The number of amides is 1. The SMILES string of the molecule is C[C@@H]1C(=O)N(c2cccc(F)c2)c2cnc(Nc3cc(F)c4[nH]ncc4c3)nc2N1C1CCOCC1. The van der Waals surface area contributed by atoms with Crippen molar-refractivity contribution >= 4 is 45.6 Å². The number of ether oxygens (including phenoxy) is 1. The van der Waals surface area contributed by atoms with Gasteiger partial charge in [0.25, 0.3) is 5.91 Å². The third kappa shape index (κ3) is 3.81. The molecule has 0 radical (unpaired) electrons. The number of carbonyl (C=O) groups excluding carboxylic acids is 1. The highest BCUT2D eigenvalue weighted by atomic mass is 19.1. The Bertz CT molecular complexity index is 1450. The van der Waals surface area contributed by atoms with Gasteiger partial charge in [0.15, 0.2) is 11.6 Å². The summed E-state index contributed by atoms with van der Waals surface area (Å²) in [6.07, 6.45) is 4.56. The number of hydrogen-bond acceptors (Lipinski definition) is 7. The van der Waals surface area contributed by atoms with Crippen LogP contribution in [-0.4, -0.2) is 51.4 Å². The van der Waals surface area contributed by atoms with Crippen molar-refractivity contribution in [1.29, 1.82) is 0 Å². The minimum absolute atomic E-state index is 0.0357. The molecule has 9 nitrogen and oxygen atoms in total. The Kier molecular flexibility index (Phi) is 5.48. The molecule has 1 saturated heterocycles. The number of benzene rings is 2. The monoisotopic (exact) mass is 491 g/mol. The average Bonchev–Trinajstić information content (AvgIpc) is 3.35. The highest BCUT2D eigenvalue weighted by Gasteiger charge is 2.41. The van der Waals surface area contributed by atoms with E-state index in [0.29, 0.717) is 47.0 Å². The Morgan fingerprint density at radius 3 is 2.78 bits per heavy atom. The molecule has 184 valence electrons. The molecule has 4 heterocycles. The molecule has 0 unspecified atom stereocenters. The molecule has 0 spiro atoms. The maximum Gasteiger partial charge on any atom is 0.254 e. The summed E-state index contributed by atoms with van der Waals surface area (Å²) in [5.41, 5.74) is 1.63. The number of aromatic nitrogens is 4. The zero-order valence-electron chi connectivity index (χ0n) is 19.4. The van der Waals surface area contributed by atoms with Crippen LogP contribution in [0.1, 0.15) is 19.8 Å². The van der Waals surface area contributed by atoms with Gasteiger partial charge >= 0.3 is 0 Å². The molecule has 2 aliphatic heterocycles. The van der Waals surface area contributed by atoms with Crippen LogP contribution >= 0.6 is 0 Å². The standard InChI is InChI=1S/C25H23F2N7O2/c1-14-24(35)34(19-4-2-3-16(26)10-19)21-13-28-25(31-23(21)33(14)18-5-7-36-8-6-18)30-17-9-15-12-29-32-22(15)20(27)11-17/h2-4,9-14,18H,5-8H2,1H3,(H,29,32)(H,28,30,31)/t14-/m1/s1. The molecular formula is C25H23F2N7O2. The first-order valence-electron chi connectivity index (χ1n) is 11.7. The lowest BCUT2D eigenvalue weighted by atomic mass is 10.0. The van der Waals surface area contributed by atoms with Crippen LogP contribution in [0.3, 0.4) is 0 Å². The minimum Gasteiger partial charge on any atom is -0.381 e. The molecule has 2 aromatic carbocycles. The van der Waals surface area contributed by atoms with Crippen molar-refractivity contribution in [3.05, 3.63) is 60.4 Å². The Labute approximate surface area is 205 Å². The predicted molar refractivity (Wildman–Crippen MR) is 131 cm³/mol. The van der Waals surface area contributed by atoms with Gasteiger partial charge in [0.2, 0.25) is 5.95 Å². The Morgan fingerprint density at radius 1 is 1.14 bits per heavy atom. The zero-order valence-corrected chi connectivity index (χ0v) is 19.4. The van der Waals surface area contributed by atoms with Crippen LogP contribution in [0.5, 0.6) is 0 Å². The first-order valence-corrected chi connectivity index (χ1v) is 11.7. The Balaban J connectivity index is 1.44. The van der Waals surface area contributed by atoms with Gasteiger partial charge in [0.05, 0.1) is 18.1 Å². The van der Waals surface area contributed by atoms with Crippen LogP contribution in [0.4, 0.5) is 37.6 Å². The third-order valence-corrected chi connectivity index (χ3v) is 6.64. The molecule has 4 aromatic rings. The molecule has 0 aliphatic carbocycles. The van der Waals surface area contributed by atoms with Gasteiger partial charge < -0.3 is 15.0 Å². The largest absolute Gasteiger partial charge is 0.381 e. The molecule has 1 fully saturated rings. The Hall–Kier alpha value is -4.12. The number of nitrogens with one attached hydrogen (secondary N) is 2. The van der Waals surface area contributed by atoms with Gasteiger partial charge in [0.1, 0.15) is 23.1 Å². The molecule has 1 amide bonds. The van der Waals surface area contributed by atoms with E-state index in [1.54, 1.807) is 24.4 Å². The quantitative estimate of drug-likeness (QED) is 0.436. The fourth-order valence-corrected chi connectivity index (χ4v) is 4.93. The highest BCUT2D eigenvalue weighted by molar-refractivity contribution is 6.09. The maximum atomic E-state index is 14.5. The zero-order chi connectivity index (χ0) is 24.8. The highest BCUT2D eigenvalue weighted by Crippen LogP contribution is 2.42.